The van der Waals surface area contributed by atoms with E-state index in [0.29, 0.717) is 12.1 Å². The van der Waals surface area contributed by atoms with Crippen LogP contribution in [0, 0.1) is 5.92 Å². The second-order valence-electron chi connectivity index (χ2n) is 4.97. The Labute approximate surface area is 117 Å². The third kappa shape index (κ3) is 2.23. The molecule has 3 rings (SSSR count). The minimum absolute atomic E-state index is 0.0867. The van der Waals surface area contributed by atoms with Crippen molar-refractivity contribution in [2.24, 2.45) is 5.92 Å². The lowest BCUT2D eigenvalue weighted by Crippen LogP contribution is -2.27. The molecule has 2 atom stereocenters. The van der Waals surface area contributed by atoms with Gasteiger partial charge in [-0.05, 0) is 5.56 Å². The first kappa shape index (κ1) is 12.6. The van der Waals surface area contributed by atoms with E-state index in [1.54, 1.807) is 12.1 Å². The van der Waals surface area contributed by atoms with Gasteiger partial charge in [0.2, 0.25) is 5.91 Å². The van der Waals surface area contributed by atoms with Gasteiger partial charge in [0.05, 0.1) is 0 Å². The molecule has 1 amide bonds. The molecule has 0 bridgehead atoms. The summed E-state index contributed by atoms with van der Waals surface area (Å²) in [4.78, 5) is 24.6. The molecular weight excluding hydrogens is 250 g/mol. The zero-order valence-corrected chi connectivity index (χ0v) is 11.0. The first-order valence-corrected chi connectivity index (χ1v) is 6.69. The number of benzene rings is 2. The van der Waals surface area contributed by atoms with Gasteiger partial charge >= 0.3 is 0 Å². The van der Waals surface area contributed by atoms with Crippen LogP contribution in [0.15, 0.2) is 60.7 Å². The lowest BCUT2D eigenvalue weighted by atomic mass is 9.83. The van der Waals surface area contributed by atoms with Gasteiger partial charge in [-0.25, -0.2) is 0 Å². The highest BCUT2D eigenvalue weighted by atomic mass is 16.2. The number of nitrogens with one attached hydrogen (secondary N) is 1. The Bertz CT molecular complexity index is 622. The zero-order valence-electron chi connectivity index (χ0n) is 11.0. The second-order valence-corrected chi connectivity index (χ2v) is 4.97. The smallest absolute Gasteiger partial charge is 0.231 e. The monoisotopic (exact) mass is 265 g/mol. The van der Waals surface area contributed by atoms with Crippen LogP contribution in [0.3, 0.4) is 0 Å². The summed E-state index contributed by atoms with van der Waals surface area (Å²) in [5.74, 6) is -0.988. The van der Waals surface area contributed by atoms with E-state index in [0.717, 1.165) is 5.56 Å². The number of hydrogen-bond acceptors (Lipinski definition) is 2. The molecule has 0 spiro atoms. The number of amides is 1. The molecule has 2 aromatic rings. The van der Waals surface area contributed by atoms with Crippen LogP contribution in [0.1, 0.15) is 21.8 Å². The van der Waals surface area contributed by atoms with Crippen LogP contribution < -0.4 is 5.32 Å². The Hall–Kier alpha value is -2.42. The molecule has 0 saturated carbocycles. The van der Waals surface area contributed by atoms with Gasteiger partial charge in [0, 0.05) is 18.0 Å². The minimum Gasteiger partial charge on any atom is -0.355 e. The quantitative estimate of drug-likeness (QED) is 0.684. The molecule has 3 heteroatoms. The van der Waals surface area contributed by atoms with Gasteiger partial charge in [0.15, 0.2) is 5.78 Å². The van der Waals surface area contributed by atoms with E-state index in [1.807, 2.05) is 48.5 Å². The van der Waals surface area contributed by atoms with Crippen molar-refractivity contribution >= 4 is 11.7 Å². The Kier molecular flexibility index (Phi) is 3.33. The van der Waals surface area contributed by atoms with Gasteiger partial charge in [-0.1, -0.05) is 60.7 Å². The molecule has 1 aliphatic heterocycles. The van der Waals surface area contributed by atoms with Gasteiger partial charge in [-0.2, -0.15) is 0 Å². The average Bonchev–Trinajstić information content (AvgIpc) is 2.90. The Morgan fingerprint density at radius 2 is 1.55 bits per heavy atom. The molecule has 0 aliphatic carbocycles. The lowest BCUT2D eigenvalue weighted by Gasteiger charge is -2.16. The van der Waals surface area contributed by atoms with Crippen molar-refractivity contribution in [1.29, 1.82) is 0 Å². The van der Waals surface area contributed by atoms with Crippen LogP contribution in [0.5, 0.6) is 0 Å². The van der Waals surface area contributed by atoms with Crippen molar-refractivity contribution in [2.75, 3.05) is 6.54 Å². The topological polar surface area (TPSA) is 46.2 Å². The summed E-state index contributed by atoms with van der Waals surface area (Å²) in [7, 11) is 0. The third-order valence-electron chi connectivity index (χ3n) is 3.75. The van der Waals surface area contributed by atoms with Crippen LogP contribution in [0.4, 0.5) is 0 Å². The maximum absolute atomic E-state index is 12.6. The minimum atomic E-state index is -0.625. The number of Topliss-reactive ketones (excluding diaryl/α,β-unsaturated/α-hetero) is 1. The van der Waals surface area contributed by atoms with E-state index in [2.05, 4.69) is 5.32 Å². The molecule has 0 aromatic heterocycles. The largest absolute Gasteiger partial charge is 0.355 e. The molecule has 1 N–H and O–H groups in total. The fourth-order valence-electron chi connectivity index (χ4n) is 2.72. The van der Waals surface area contributed by atoms with Gasteiger partial charge in [0.1, 0.15) is 5.92 Å². The first-order chi connectivity index (χ1) is 9.77. The highest BCUT2D eigenvalue weighted by molar-refractivity contribution is 6.11. The SMILES string of the molecule is O=C1NC[C@H](c2ccccc2)[C@H]1C(=O)c1ccccc1. The molecule has 0 radical (unpaired) electrons. The molecule has 2 aromatic carbocycles. The van der Waals surface area contributed by atoms with E-state index in [4.69, 9.17) is 0 Å². The standard InChI is InChI=1S/C17H15NO2/c19-16(13-9-5-2-6-10-13)15-14(11-18-17(15)20)12-7-3-1-4-8-12/h1-10,14-15H,11H2,(H,18,20)/t14-,15+/m1/s1. The fraction of sp³-hybridized carbons (Fsp3) is 0.176. The van der Waals surface area contributed by atoms with Crippen molar-refractivity contribution in [3.63, 3.8) is 0 Å². The Balaban J connectivity index is 1.94. The average molecular weight is 265 g/mol. The van der Waals surface area contributed by atoms with Gasteiger partial charge in [-0.15, -0.1) is 0 Å². The summed E-state index contributed by atoms with van der Waals surface area (Å²) in [5, 5.41) is 2.81. The first-order valence-electron chi connectivity index (χ1n) is 6.69. The van der Waals surface area contributed by atoms with Crippen LogP contribution in [0.25, 0.3) is 0 Å². The summed E-state index contributed by atoms with van der Waals surface area (Å²) < 4.78 is 0. The molecular formula is C17H15NO2. The van der Waals surface area contributed by atoms with Gasteiger partial charge in [0.25, 0.3) is 0 Å². The van der Waals surface area contributed by atoms with E-state index >= 15 is 0 Å². The van der Waals surface area contributed by atoms with Crippen LogP contribution >= 0.6 is 0 Å². The maximum atomic E-state index is 12.6. The van der Waals surface area contributed by atoms with Gasteiger partial charge < -0.3 is 5.32 Å². The number of rotatable bonds is 3. The predicted molar refractivity (Wildman–Crippen MR) is 76.5 cm³/mol. The van der Waals surface area contributed by atoms with Crippen molar-refractivity contribution < 1.29 is 9.59 Å². The summed E-state index contributed by atoms with van der Waals surface area (Å²) in [5.41, 5.74) is 1.62. The third-order valence-corrected chi connectivity index (χ3v) is 3.75. The maximum Gasteiger partial charge on any atom is 0.231 e. The molecule has 1 aliphatic rings. The number of carbonyl (C=O) groups is 2. The van der Waals surface area contributed by atoms with Gasteiger partial charge in [-0.3, -0.25) is 9.59 Å². The van der Waals surface area contributed by atoms with Crippen molar-refractivity contribution in [3.8, 4) is 0 Å². The van der Waals surface area contributed by atoms with E-state index in [1.165, 1.54) is 0 Å². The number of ketones is 1. The Morgan fingerprint density at radius 1 is 0.950 bits per heavy atom. The molecule has 1 fully saturated rings. The van der Waals surface area contributed by atoms with Crippen LogP contribution in [-0.4, -0.2) is 18.2 Å². The summed E-state index contributed by atoms with van der Waals surface area (Å²) >= 11 is 0. The summed E-state index contributed by atoms with van der Waals surface area (Å²) in [6.45, 7) is 0.520. The summed E-state index contributed by atoms with van der Waals surface area (Å²) in [6, 6.07) is 18.7. The summed E-state index contributed by atoms with van der Waals surface area (Å²) in [6.07, 6.45) is 0. The molecule has 3 nitrogen and oxygen atoms in total. The normalized spacial score (nSPS) is 21.5. The van der Waals surface area contributed by atoms with E-state index < -0.39 is 5.92 Å². The molecule has 1 saturated heterocycles. The Morgan fingerprint density at radius 3 is 2.20 bits per heavy atom. The predicted octanol–water partition coefficient (Wildman–Crippen LogP) is 2.40. The highest BCUT2D eigenvalue weighted by Gasteiger charge is 2.40. The van der Waals surface area contributed by atoms with Crippen molar-refractivity contribution in [2.45, 2.75) is 5.92 Å². The van der Waals surface area contributed by atoms with Crippen LogP contribution in [0.2, 0.25) is 0 Å². The fourth-order valence-corrected chi connectivity index (χ4v) is 2.72. The molecule has 1 heterocycles. The van der Waals surface area contributed by atoms with E-state index in [9.17, 15) is 9.59 Å². The molecule has 0 unspecified atom stereocenters. The van der Waals surface area contributed by atoms with E-state index in [-0.39, 0.29) is 17.6 Å². The second kappa shape index (κ2) is 5.29. The zero-order chi connectivity index (χ0) is 13.9. The van der Waals surface area contributed by atoms with Crippen molar-refractivity contribution in [1.82, 2.24) is 5.32 Å². The number of carbonyl (C=O) groups excluding carboxylic acids is 2. The number of hydrogen-bond donors (Lipinski definition) is 1. The van der Waals surface area contributed by atoms with Crippen molar-refractivity contribution in [3.05, 3.63) is 71.8 Å². The molecule has 100 valence electrons. The lowest BCUT2D eigenvalue weighted by molar-refractivity contribution is -0.121. The van der Waals surface area contributed by atoms with Crippen LogP contribution in [-0.2, 0) is 4.79 Å². The highest BCUT2D eigenvalue weighted by Crippen LogP contribution is 2.31. The molecule has 20 heavy (non-hydrogen) atoms.